The van der Waals surface area contributed by atoms with Gasteiger partial charge in [-0.1, -0.05) is 26.7 Å². The second kappa shape index (κ2) is 8.51. The number of nitrogens with zero attached hydrogens (tertiary/aromatic N) is 1. The van der Waals surface area contributed by atoms with Crippen molar-refractivity contribution < 1.29 is 9.53 Å². The molecule has 1 aliphatic carbocycles. The number of carbonyl (C=O) groups is 1. The van der Waals surface area contributed by atoms with Gasteiger partial charge in [0, 0.05) is 13.2 Å². The predicted octanol–water partition coefficient (Wildman–Crippen LogP) is 1.28. The van der Waals surface area contributed by atoms with Crippen molar-refractivity contribution in [1.29, 1.82) is 0 Å². The summed E-state index contributed by atoms with van der Waals surface area (Å²) in [7, 11) is 1.63. The maximum atomic E-state index is 12.0. The number of nitrogens with two attached hydrogens (primary N) is 1. The molecule has 5 heteroatoms. The van der Waals surface area contributed by atoms with E-state index in [0.29, 0.717) is 18.6 Å². The number of amides is 1. The third-order valence-electron chi connectivity index (χ3n) is 3.93. The summed E-state index contributed by atoms with van der Waals surface area (Å²) in [5, 5.41) is 0. The van der Waals surface area contributed by atoms with Gasteiger partial charge >= 0.3 is 0 Å². The standard InChI is InChI=1S/C14H29N3O2/c1-11(2)8-9-17(12-6-4-5-7-12)13(10-19-3)14(18)16-15/h11-13H,4-10,15H2,1-3H3,(H,16,18). The van der Waals surface area contributed by atoms with Gasteiger partial charge in [-0.05, 0) is 31.7 Å². The molecular formula is C14H29N3O2. The van der Waals surface area contributed by atoms with Crippen molar-refractivity contribution in [2.45, 2.75) is 58.0 Å². The summed E-state index contributed by atoms with van der Waals surface area (Å²) in [6, 6.07) is 0.230. The first-order valence-electron chi connectivity index (χ1n) is 7.35. The van der Waals surface area contributed by atoms with Crippen molar-refractivity contribution in [1.82, 2.24) is 10.3 Å². The molecule has 0 radical (unpaired) electrons. The smallest absolute Gasteiger partial charge is 0.253 e. The van der Waals surface area contributed by atoms with E-state index in [1.54, 1.807) is 7.11 Å². The molecule has 0 heterocycles. The molecule has 0 spiro atoms. The van der Waals surface area contributed by atoms with Crippen LogP contribution in [0.15, 0.2) is 0 Å². The fourth-order valence-corrected chi connectivity index (χ4v) is 2.81. The monoisotopic (exact) mass is 271 g/mol. The number of hydrazine groups is 1. The minimum Gasteiger partial charge on any atom is -0.383 e. The molecule has 1 atom stereocenters. The normalized spacial score (nSPS) is 18.2. The highest BCUT2D eigenvalue weighted by Gasteiger charge is 2.32. The molecular weight excluding hydrogens is 242 g/mol. The molecule has 1 saturated carbocycles. The lowest BCUT2D eigenvalue weighted by molar-refractivity contribution is -0.129. The number of carbonyl (C=O) groups excluding carboxylic acids is 1. The van der Waals surface area contributed by atoms with Gasteiger partial charge in [0.1, 0.15) is 6.04 Å². The fraction of sp³-hybridized carbons (Fsp3) is 0.929. The Balaban J connectivity index is 2.74. The second-order valence-electron chi connectivity index (χ2n) is 5.84. The number of hydrogen-bond acceptors (Lipinski definition) is 4. The van der Waals surface area contributed by atoms with E-state index in [1.807, 2.05) is 0 Å². The van der Waals surface area contributed by atoms with Crippen LogP contribution in [-0.2, 0) is 9.53 Å². The van der Waals surface area contributed by atoms with Crippen LogP contribution in [0.4, 0.5) is 0 Å². The molecule has 1 rings (SSSR count). The summed E-state index contributed by atoms with van der Waals surface area (Å²) in [4.78, 5) is 14.3. The summed E-state index contributed by atoms with van der Waals surface area (Å²) < 4.78 is 5.22. The number of rotatable bonds is 8. The molecule has 0 aromatic heterocycles. The highest BCUT2D eigenvalue weighted by atomic mass is 16.5. The van der Waals surface area contributed by atoms with Crippen LogP contribution in [0.3, 0.4) is 0 Å². The Bertz CT molecular complexity index is 265. The van der Waals surface area contributed by atoms with E-state index in [1.165, 1.54) is 25.7 Å². The molecule has 5 nitrogen and oxygen atoms in total. The molecule has 1 unspecified atom stereocenters. The lowest BCUT2D eigenvalue weighted by Gasteiger charge is -2.35. The minimum absolute atomic E-state index is 0.141. The van der Waals surface area contributed by atoms with Gasteiger partial charge in [-0.3, -0.25) is 15.1 Å². The Morgan fingerprint density at radius 3 is 2.53 bits per heavy atom. The van der Waals surface area contributed by atoms with E-state index < -0.39 is 0 Å². The van der Waals surface area contributed by atoms with Crippen molar-refractivity contribution >= 4 is 5.91 Å². The summed E-state index contributed by atoms with van der Waals surface area (Å²) in [6.45, 7) is 5.75. The first-order valence-corrected chi connectivity index (χ1v) is 7.35. The van der Waals surface area contributed by atoms with Gasteiger partial charge in [-0.2, -0.15) is 0 Å². The van der Waals surface area contributed by atoms with Crippen molar-refractivity contribution in [2.24, 2.45) is 11.8 Å². The molecule has 0 saturated heterocycles. The van der Waals surface area contributed by atoms with E-state index in [4.69, 9.17) is 10.6 Å². The van der Waals surface area contributed by atoms with Crippen molar-refractivity contribution in [3.8, 4) is 0 Å². The third-order valence-corrected chi connectivity index (χ3v) is 3.93. The minimum atomic E-state index is -0.267. The lowest BCUT2D eigenvalue weighted by Crippen LogP contribution is -2.54. The molecule has 0 aromatic carbocycles. The molecule has 0 aliphatic heterocycles. The average molecular weight is 271 g/mol. The van der Waals surface area contributed by atoms with E-state index in [9.17, 15) is 4.79 Å². The second-order valence-corrected chi connectivity index (χ2v) is 5.84. The van der Waals surface area contributed by atoms with Crippen molar-refractivity contribution in [3.05, 3.63) is 0 Å². The maximum absolute atomic E-state index is 12.0. The van der Waals surface area contributed by atoms with Crippen molar-refractivity contribution in [2.75, 3.05) is 20.3 Å². The first-order chi connectivity index (χ1) is 9.10. The van der Waals surface area contributed by atoms with Crippen LogP contribution in [-0.4, -0.2) is 43.2 Å². The third kappa shape index (κ3) is 5.09. The molecule has 0 bridgehead atoms. The number of nitrogens with one attached hydrogen (secondary N) is 1. The molecule has 1 fully saturated rings. The van der Waals surface area contributed by atoms with Gasteiger partial charge in [-0.15, -0.1) is 0 Å². The van der Waals surface area contributed by atoms with Crippen LogP contribution in [0.2, 0.25) is 0 Å². The zero-order chi connectivity index (χ0) is 14.3. The van der Waals surface area contributed by atoms with Crippen LogP contribution in [0.5, 0.6) is 0 Å². The van der Waals surface area contributed by atoms with E-state index in [2.05, 4.69) is 24.2 Å². The summed E-state index contributed by atoms with van der Waals surface area (Å²) in [5.41, 5.74) is 2.28. The predicted molar refractivity (Wildman–Crippen MR) is 76.4 cm³/mol. The Hall–Kier alpha value is -0.650. The number of methoxy groups -OCH3 is 1. The van der Waals surface area contributed by atoms with Crippen LogP contribution >= 0.6 is 0 Å². The van der Waals surface area contributed by atoms with E-state index >= 15 is 0 Å². The summed E-state index contributed by atoms with van der Waals surface area (Å²) >= 11 is 0. The quantitative estimate of drug-likeness (QED) is 0.396. The molecule has 1 amide bonds. The van der Waals surface area contributed by atoms with Gasteiger partial charge in [0.05, 0.1) is 6.61 Å². The summed E-state index contributed by atoms with van der Waals surface area (Å²) in [5.74, 6) is 5.81. The maximum Gasteiger partial charge on any atom is 0.253 e. The first kappa shape index (κ1) is 16.4. The van der Waals surface area contributed by atoms with Crippen LogP contribution in [0, 0.1) is 5.92 Å². The van der Waals surface area contributed by atoms with Gasteiger partial charge in [0.2, 0.25) is 0 Å². The van der Waals surface area contributed by atoms with Gasteiger partial charge in [0.25, 0.3) is 5.91 Å². The Kier molecular flexibility index (Phi) is 7.34. The Labute approximate surface area is 116 Å². The highest BCUT2D eigenvalue weighted by molar-refractivity contribution is 5.81. The SMILES string of the molecule is COCC(C(=O)NN)N(CCC(C)C)C1CCCC1. The highest BCUT2D eigenvalue weighted by Crippen LogP contribution is 2.26. The van der Waals surface area contributed by atoms with Gasteiger partial charge in [0.15, 0.2) is 0 Å². The zero-order valence-electron chi connectivity index (χ0n) is 12.5. The van der Waals surface area contributed by atoms with Crippen LogP contribution in [0.25, 0.3) is 0 Å². The van der Waals surface area contributed by atoms with Gasteiger partial charge in [-0.25, -0.2) is 5.84 Å². The van der Waals surface area contributed by atoms with Crippen LogP contribution in [0.1, 0.15) is 46.0 Å². The van der Waals surface area contributed by atoms with E-state index in [0.717, 1.165) is 13.0 Å². The Morgan fingerprint density at radius 1 is 1.42 bits per heavy atom. The number of ether oxygens (including phenoxy) is 1. The van der Waals surface area contributed by atoms with Gasteiger partial charge < -0.3 is 4.74 Å². The Morgan fingerprint density at radius 2 is 2.05 bits per heavy atom. The largest absolute Gasteiger partial charge is 0.383 e. The topological polar surface area (TPSA) is 67.6 Å². The van der Waals surface area contributed by atoms with Crippen molar-refractivity contribution in [3.63, 3.8) is 0 Å². The summed E-state index contributed by atoms with van der Waals surface area (Å²) in [6.07, 6.45) is 5.96. The molecule has 0 aromatic rings. The lowest BCUT2D eigenvalue weighted by atomic mass is 10.1. The average Bonchev–Trinajstić information content (AvgIpc) is 2.90. The van der Waals surface area contributed by atoms with E-state index in [-0.39, 0.29) is 11.9 Å². The molecule has 1 aliphatic rings. The molecule has 3 N–H and O–H groups in total. The molecule has 112 valence electrons. The zero-order valence-corrected chi connectivity index (χ0v) is 12.5. The van der Waals surface area contributed by atoms with Crippen LogP contribution < -0.4 is 11.3 Å². The fourth-order valence-electron chi connectivity index (χ4n) is 2.81. The number of hydrogen-bond donors (Lipinski definition) is 2. The molecule has 19 heavy (non-hydrogen) atoms.